The second-order valence-electron chi connectivity index (χ2n) is 6.23. The number of aliphatic imine (C=N–C) groups is 1. The Morgan fingerprint density at radius 3 is 2.71 bits per heavy atom. The highest BCUT2D eigenvalue weighted by atomic mass is 32.1. The highest BCUT2D eigenvalue weighted by Crippen LogP contribution is 2.16. The Balaban J connectivity index is 2.03. The van der Waals surface area contributed by atoms with E-state index in [0.717, 1.165) is 36.3 Å². The predicted molar refractivity (Wildman–Crippen MR) is 119 cm³/mol. The maximum atomic E-state index is 12.4. The van der Waals surface area contributed by atoms with Gasteiger partial charge in [-0.25, -0.2) is 4.79 Å². The number of anilines is 1. The summed E-state index contributed by atoms with van der Waals surface area (Å²) >= 11 is 4.27. The number of benzene rings is 1. The first kappa shape index (κ1) is 21.5. The fourth-order valence-electron chi connectivity index (χ4n) is 2.54. The number of aromatic nitrogens is 2. The molecule has 0 fully saturated rings. The molecule has 0 saturated heterocycles. The van der Waals surface area contributed by atoms with Gasteiger partial charge in [-0.05, 0) is 37.6 Å². The second-order valence-corrected chi connectivity index (χ2v) is 7.00. The van der Waals surface area contributed by atoms with E-state index in [4.69, 9.17) is 11.5 Å². The van der Waals surface area contributed by atoms with Crippen LogP contribution in [-0.2, 0) is 6.54 Å². The lowest BCUT2D eigenvalue weighted by molar-refractivity contribution is 0.655. The van der Waals surface area contributed by atoms with E-state index in [1.807, 2.05) is 31.2 Å². The van der Waals surface area contributed by atoms with Gasteiger partial charge in [-0.1, -0.05) is 24.8 Å². The van der Waals surface area contributed by atoms with Gasteiger partial charge in [-0.3, -0.25) is 9.56 Å². The number of hydrogen-bond acceptors (Lipinski definition) is 6. The van der Waals surface area contributed by atoms with Gasteiger partial charge in [0.1, 0.15) is 5.82 Å². The largest absolute Gasteiger partial charge is 0.370 e. The molecule has 28 heavy (non-hydrogen) atoms. The van der Waals surface area contributed by atoms with Crippen LogP contribution >= 0.6 is 12.6 Å². The summed E-state index contributed by atoms with van der Waals surface area (Å²) in [5.41, 5.74) is 12.8. The summed E-state index contributed by atoms with van der Waals surface area (Å²) in [6.45, 7) is 7.78. The van der Waals surface area contributed by atoms with E-state index in [2.05, 4.69) is 39.8 Å². The third kappa shape index (κ3) is 6.43. The Morgan fingerprint density at radius 2 is 2.11 bits per heavy atom. The number of nitrogens with two attached hydrogens (primary N) is 2. The van der Waals surface area contributed by atoms with Crippen molar-refractivity contribution in [2.75, 3.05) is 18.4 Å². The lowest BCUT2D eigenvalue weighted by Crippen LogP contribution is -2.24. The number of nitrogens with one attached hydrogen (secondary N) is 2. The van der Waals surface area contributed by atoms with Gasteiger partial charge in [0.2, 0.25) is 0 Å². The van der Waals surface area contributed by atoms with Gasteiger partial charge in [-0.2, -0.15) is 17.6 Å². The van der Waals surface area contributed by atoms with Gasteiger partial charge in [0.05, 0.1) is 11.1 Å². The Labute approximate surface area is 170 Å². The molecule has 1 aromatic heterocycles. The smallest absolute Gasteiger partial charge is 0.354 e. The molecule has 0 saturated carbocycles. The third-order valence-electron chi connectivity index (χ3n) is 3.87. The van der Waals surface area contributed by atoms with Crippen molar-refractivity contribution < 1.29 is 0 Å². The zero-order chi connectivity index (χ0) is 20.5. The van der Waals surface area contributed by atoms with Crippen LogP contribution in [0.3, 0.4) is 0 Å². The molecule has 0 amide bonds. The summed E-state index contributed by atoms with van der Waals surface area (Å²) in [5, 5.41) is 6.23. The zero-order valence-corrected chi connectivity index (χ0v) is 16.8. The fourth-order valence-corrected chi connectivity index (χ4v) is 2.66. The molecular formula is C19H27N7OS. The number of guanidine groups is 1. The standard InChI is InChI=1S/C19H27N7OS/c1-3-15-12-26(19(27)25-17(15)24-13(2)28)16-7-5-14(6-8-16)11-22-9-4-10-23-18(20)21/h3,5-8,12-13,22,28H,1,4,9-11H2,2H3,(H4,20,21,23)(H,24,25,27)/t13-/m1/s1. The number of thiol groups is 1. The van der Waals surface area contributed by atoms with Crippen LogP contribution in [0.5, 0.6) is 0 Å². The van der Waals surface area contributed by atoms with Gasteiger partial charge >= 0.3 is 5.69 Å². The normalized spacial score (nSPS) is 11.6. The van der Waals surface area contributed by atoms with Crippen molar-refractivity contribution in [1.82, 2.24) is 14.9 Å². The minimum Gasteiger partial charge on any atom is -0.370 e. The Kier molecular flexibility index (Phi) is 8.09. The molecule has 0 aliphatic carbocycles. The highest BCUT2D eigenvalue weighted by molar-refractivity contribution is 7.81. The van der Waals surface area contributed by atoms with E-state index in [-0.39, 0.29) is 17.0 Å². The van der Waals surface area contributed by atoms with Crippen molar-refractivity contribution in [3.63, 3.8) is 0 Å². The minimum atomic E-state index is -0.368. The first-order valence-corrected chi connectivity index (χ1v) is 9.48. The SMILES string of the molecule is C=Cc1cn(-c2ccc(CNCCCN=C(N)N)cc2)c(=O)nc1N[C@@H](C)S. The molecule has 0 aliphatic rings. The first-order chi connectivity index (χ1) is 13.4. The van der Waals surface area contributed by atoms with Crippen molar-refractivity contribution >= 4 is 30.5 Å². The molecule has 1 aromatic carbocycles. The van der Waals surface area contributed by atoms with Gasteiger partial charge in [0.25, 0.3) is 0 Å². The monoisotopic (exact) mass is 401 g/mol. The molecule has 8 nitrogen and oxygen atoms in total. The quantitative estimate of drug-likeness (QED) is 0.134. The van der Waals surface area contributed by atoms with E-state index in [1.165, 1.54) is 4.57 Å². The van der Waals surface area contributed by atoms with Crippen LogP contribution in [0.25, 0.3) is 11.8 Å². The molecular weight excluding hydrogens is 374 g/mol. The molecule has 0 aliphatic heterocycles. The Morgan fingerprint density at radius 1 is 1.39 bits per heavy atom. The Bertz CT molecular complexity index is 871. The topological polar surface area (TPSA) is 123 Å². The number of rotatable bonds is 10. The van der Waals surface area contributed by atoms with Crippen molar-refractivity contribution in [2.24, 2.45) is 16.5 Å². The molecule has 6 N–H and O–H groups in total. The van der Waals surface area contributed by atoms with E-state index < -0.39 is 0 Å². The molecule has 2 rings (SSSR count). The molecule has 1 atom stereocenters. The van der Waals surface area contributed by atoms with E-state index in [9.17, 15) is 4.79 Å². The lowest BCUT2D eigenvalue weighted by Gasteiger charge is -2.13. The molecule has 0 bridgehead atoms. The molecule has 0 radical (unpaired) electrons. The summed E-state index contributed by atoms with van der Waals surface area (Å²) in [6, 6.07) is 7.72. The fraction of sp³-hybridized carbons (Fsp3) is 0.316. The van der Waals surface area contributed by atoms with Gasteiger partial charge in [0, 0.05) is 24.8 Å². The van der Waals surface area contributed by atoms with Gasteiger partial charge in [0.15, 0.2) is 5.96 Å². The van der Waals surface area contributed by atoms with Crippen LogP contribution < -0.4 is 27.8 Å². The van der Waals surface area contributed by atoms with Crippen molar-refractivity contribution in [1.29, 1.82) is 0 Å². The maximum Gasteiger partial charge on any atom is 0.354 e. The third-order valence-corrected chi connectivity index (χ3v) is 4.00. The molecule has 1 heterocycles. The van der Waals surface area contributed by atoms with Crippen LogP contribution in [0.4, 0.5) is 5.82 Å². The van der Waals surface area contributed by atoms with Crippen LogP contribution in [0.2, 0.25) is 0 Å². The number of hydrogen-bond donors (Lipinski definition) is 5. The summed E-state index contributed by atoms with van der Waals surface area (Å²) in [5.74, 6) is 0.587. The Hall–Kier alpha value is -2.78. The lowest BCUT2D eigenvalue weighted by atomic mass is 10.2. The minimum absolute atomic E-state index is 0.115. The van der Waals surface area contributed by atoms with Crippen molar-refractivity contribution in [3.8, 4) is 5.69 Å². The van der Waals surface area contributed by atoms with E-state index in [1.54, 1.807) is 12.3 Å². The summed E-state index contributed by atoms with van der Waals surface area (Å²) in [7, 11) is 0. The molecule has 2 aromatic rings. The van der Waals surface area contributed by atoms with Crippen LogP contribution in [-0.4, -0.2) is 34.0 Å². The summed E-state index contributed by atoms with van der Waals surface area (Å²) < 4.78 is 1.50. The first-order valence-electron chi connectivity index (χ1n) is 8.97. The van der Waals surface area contributed by atoms with E-state index in [0.29, 0.717) is 12.4 Å². The maximum absolute atomic E-state index is 12.4. The molecule has 0 unspecified atom stereocenters. The van der Waals surface area contributed by atoms with Gasteiger partial charge < -0.3 is 22.1 Å². The zero-order valence-electron chi connectivity index (χ0n) is 15.9. The van der Waals surface area contributed by atoms with Crippen LogP contribution in [0, 0.1) is 0 Å². The van der Waals surface area contributed by atoms with Crippen molar-refractivity contribution in [3.05, 3.63) is 58.7 Å². The van der Waals surface area contributed by atoms with Gasteiger partial charge in [-0.15, -0.1) is 0 Å². The second kappa shape index (κ2) is 10.5. The predicted octanol–water partition coefficient (Wildman–Crippen LogP) is 1.32. The van der Waals surface area contributed by atoms with Crippen LogP contribution in [0.15, 0.2) is 46.8 Å². The van der Waals surface area contributed by atoms with Crippen LogP contribution in [0.1, 0.15) is 24.5 Å². The average Bonchev–Trinajstić information content (AvgIpc) is 2.65. The molecule has 150 valence electrons. The number of nitrogens with zero attached hydrogens (tertiary/aromatic N) is 3. The summed E-state index contributed by atoms with van der Waals surface area (Å²) in [6.07, 6.45) is 4.23. The molecule has 0 spiro atoms. The summed E-state index contributed by atoms with van der Waals surface area (Å²) in [4.78, 5) is 20.5. The molecule has 9 heteroatoms. The highest BCUT2D eigenvalue weighted by Gasteiger charge is 2.09. The average molecular weight is 402 g/mol. The van der Waals surface area contributed by atoms with E-state index >= 15 is 0 Å². The van der Waals surface area contributed by atoms with Crippen molar-refractivity contribution in [2.45, 2.75) is 25.3 Å².